The Morgan fingerprint density at radius 1 is 1.26 bits per heavy atom. The topological polar surface area (TPSA) is 42.0 Å². The van der Waals surface area contributed by atoms with Crippen LogP contribution in [0.25, 0.3) is 0 Å². The van der Waals surface area contributed by atoms with E-state index in [1.807, 2.05) is 43.3 Å². The molecule has 1 amide bonds. The van der Waals surface area contributed by atoms with Crippen LogP contribution in [-0.2, 0) is 16.6 Å². The van der Waals surface area contributed by atoms with E-state index in [4.69, 9.17) is 11.6 Å². The lowest BCUT2D eigenvalue weighted by molar-refractivity contribution is -0.120. The van der Waals surface area contributed by atoms with E-state index < -0.39 is 5.41 Å². The van der Waals surface area contributed by atoms with Crippen LogP contribution in [0.4, 0.5) is 5.69 Å². The summed E-state index contributed by atoms with van der Waals surface area (Å²) >= 11 is 6.27. The second-order valence-electron chi connectivity index (χ2n) is 4.95. The SMILES string of the molecule is CC1(Cc2ccccn2)C(=O)Nc2cccc(Cl)c21. The molecule has 1 N–H and O–H groups in total. The summed E-state index contributed by atoms with van der Waals surface area (Å²) < 4.78 is 0. The van der Waals surface area contributed by atoms with Gasteiger partial charge >= 0.3 is 0 Å². The maximum Gasteiger partial charge on any atom is 0.235 e. The fourth-order valence-corrected chi connectivity index (χ4v) is 2.98. The summed E-state index contributed by atoms with van der Waals surface area (Å²) in [6, 6.07) is 11.2. The fraction of sp³-hybridized carbons (Fsp3) is 0.200. The number of rotatable bonds is 2. The highest BCUT2D eigenvalue weighted by atomic mass is 35.5. The highest BCUT2D eigenvalue weighted by molar-refractivity contribution is 6.33. The van der Waals surface area contributed by atoms with Gasteiger partial charge in [-0.15, -0.1) is 0 Å². The van der Waals surface area contributed by atoms with E-state index in [1.165, 1.54) is 0 Å². The van der Waals surface area contributed by atoms with Crippen molar-refractivity contribution in [2.24, 2.45) is 0 Å². The molecule has 0 saturated heterocycles. The molecule has 0 bridgehead atoms. The zero-order chi connectivity index (χ0) is 13.5. The third-order valence-corrected chi connectivity index (χ3v) is 3.89. The van der Waals surface area contributed by atoms with Crippen LogP contribution in [-0.4, -0.2) is 10.9 Å². The van der Waals surface area contributed by atoms with Crippen molar-refractivity contribution < 1.29 is 4.79 Å². The number of carbonyl (C=O) groups excluding carboxylic acids is 1. The number of carbonyl (C=O) groups is 1. The standard InChI is InChI=1S/C15H13ClN2O/c1-15(9-10-5-2-3-8-17-10)13-11(16)6-4-7-12(13)18-14(15)19/h2-8H,9H2,1H3,(H,18,19). The van der Waals surface area contributed by atoms with Gasteiger partial charge in [0.05, 0.1) is 5.41 Å². The largest absolute Gasteiger partial charge is 0.325 e. The molecule has 2 heterocycles. The maximum atomic E-state index is 12.3. The molecule has 0 spiro atoms. The van der Waals surface area contributed by atoms with Gasteiger partial charge in [-0.3, -0.25) is 9.78 Å². The average molecular weight is 273 g/mol. The molecule has 0 saturated carbocycles. The van der Waals surface area contributed by atoms with Gasteiger partial charge in [0.15, 0.2) is 0 Å². The molecule has 1 aromatic heterocycles. The molecule has 3 nitrogen and oxygen atoms in total. The van der Waals surface area contributed by atoms with E-state index in [2.05, 4.69) is 10.3 Å². The Morgan fingerprint density at radius 3 is 2.84 bits per heavy atom. The second kappa shape index (κ2) is 4.35. The number of nitrogens with one attached hydrogen (secondary N) is 1. The summed E-state index contributed by atoms with van der Waals surface area (Å²) in [5.41, 5.74) is 1.89. The molecule has 4 heteroatoms. The lowest BCUT2D eigenvalue weighted by atomic mass is 9.79. The van der Waals surface area contributed by atoms with Crippen LogP contribution in [0.3, 0.4) is 0 Å². The zero-order valence-corrected chi connectivity index (χ0v) is 11.2. The molecule has 19 heavy (non-hydrogen) atoms. The Balaban J connectivity index is 2.08. The minimum atomic E-state index is -0.665. The van der Waals surface area contributed by atoms with E-state index in [9.17, 15) is 4.79 Å². The van der Waals surface area contributed by atoms with E-state index >= 15 is 0 Å². The Hall–Kier alpha value is -1.87. The zero-order valence-electron chi connectivity index (χ0n) is 10.5. The van der Waals surface area contributed by atoms with Gasteiger partial charge < -0.3 is 5.32 Å². The summed E-state index contributed by atoms with van der Waals surface area (Å²) in [5, 5.41) is 3.52. The summed E-state index contributed by atoms with van der Waals surface area (Å²) in [6.07, 6.45) is 2.27. The van der Waals surface area contributed by atoms with Gasteiger partial charge in [-0.1, -0.05) is 23.7 Å². The summed E-state index contributed by atoms with van der Waals surface area (Å²) in [6.45, 7) is 1.91. The van der Waals surface area contributed by atoms with Gasteiger partial charge in [-0.2, -0.15) is 0 Å². The number of hydrogen-bond acceptors (Lipinski definition) is 2. The van der Waals surface area contributed by atoms with Crippen LogP contribution in [0.15, 0.2) is 42.6 Å². The molecule has 1 aliphatic rings. The molecule has 3 rings (SSSR count). The number of aromatic nitrogens is 1. The Kier molecular flexibility index (Phi) is 2.79. The molecule has 1 aromatic carbocycles. The first-order valence-corrected chi connectivity index (χ1v) is 6.49. The second-order valence-corrected chi connectivity index (χ2v) is 5.35. The van der Waals surface area contributed by atoms with Crippen molar-refractivity contribution in [3.8, 4) is 0 Å². The molecule has 2 aromatic rings. The van der Waals surface area contributed by atoms with E-state index in [0.29, 0.717) is 11.4 Å². The number of hydrogen-bond donors (Lipinski definition) is 1. The Labute approximate surface area is 116 Å². The van der Waals surface area contributed by atoms with Crippen molar-refractivity contribution in [1.82, 2.24) is 4.98 Å². The first kappa shape index (κ1) is 12.2. The van der Waals surface area contributed by atoms with E-state index in [0.717, 1.165) is 16.9 Å². The molecule has 1 aliphatic heterocycles. The van der Waals surface area contributed by atoms with E-state index in [-0.39, 0.29) is 5.91 Å². The van der Waals surface area contributed by atoms with Gasteiger partial charge in [0.25, 0.3) is 0 Å². The number of fused-ring (bicyclic) bond motifs is 1. The Morgan fingerprint density at radius 2 is 2.11 bits per heavy atom. The first-order valence-electron chi connectivity index (χ1n) is 6.11. The number of nitrogens with zero attached hydrogens (tertiary/aromatic N) is 1. The summed E-state index contributed by atoms with van der Waals surface area (Å²) in [5.74, 6) is -0.0266. The molecule has 1 unspecified atom stereocenters. The van der Waals surface area contributed by atoms with Crippen LogP contribution < -0.4 is 5.32 Å². The van der Waals surface area contributed by atoms with Crippen molar-refractivity contribution in [3.63, 3.8) is 0 Å². The maximum absolute atomic E-state index is 12.3. The van der Waals surface area contributed by atoms with Crippen LogP contribution in [0.5, 0.6) is 0 Å². The van der Waals surface area contributed by atoms with Crippen molar-refractivity contribution in [1.29, 1.82) is 0 Å². The van der Waals surface area contributed by atoms with Crippen LogP contribution in [0, 0.1) is 0 Å². The van der Waals surface area contributed by atoms with Crippen molar-refractivity contribution in [2.75, 3.05) is 5.32 Å². The van der Waals surface area contributed by atoms with Gasteiger partial charge in [-0.25, -0.2) is 0 Å². The molecule has 96 valence electrons. The quantitative estimate of drug-likeness (QED) is 0.912. The number of benzene rings is 1. The highest BCUT2D eigenvalue weighted by Gasteiger charge is 2.44. The number of pyridine rings is 1. The van der Waals surface area contributed by atoms with Gasteiger partial charge in [0.2, 0.25) is 5.91 Å². The normalized spacial score (nSPS) is 21.1. The van der Waals surface area contributed by atoms with Crippen LogP contribution >= 0.6 is 11.6 Å². The van der Waals surface area contributed by atoms with Crippen molar-refractivity contribution in [2.45, 2.75) is 18.8 Å². The monoisotopic (exact) mass is 272 g/mol. The molecule has 1 atom stereocenters. The van der Waals surface area contributed by atoms with Gasteiger partial charge in [-0.05, 0) is 31.2 Å². The van der Waals surface area contributed by atoms with Gasteiger partial charge in [0.1, 0.15) is 0 Å². The molecular weight excluding hydrogens is 260 g/mol. The Bertz CT molecular complexity index is 642. The van der Waals surface area contributed by atoms with Crippen molar-refractivity contribution >= 4 is 23.2 Å². The van der Waals surface area contributed by atoms with Gasteiger partial charge in [0, 0.05) is 34.6 Å². The van der Waals surface area contributed by atoms with Crippen LogP contribution in [0.1, 0.15) is 18.2 Å². The highest BCUT2D eigenvalue weighted by Crippen LogP contribution is 2.43. The minimum Gasteiger partial charge on any atom is -0.325 e. The molecule has 0 fully saturated rings. The predicted molar refractivity (Wildman–Crippen MR) is 75.4 cm³/mol. The van der Waals surface area contributed by atoms with Crippen molar-refractivity contribution in [3.05, 3.63) is 58.9 Å². The smallest absolute Gasteiger partial charge is 0.235 e. The third kappa shape index (κ3) is 1.90. The molecule has 0 radical (unpaired) electrons. The van der Waals surface area contributed by atoms with E-state index in [1.54, 1.807) is 6.20 Å². The third-order valence-electron chi connectivity index (χ3n) is 3.58. The fourth-order valence-electron chi connectivity index (χ4n) is 2.60. The first-order chi connectivity index (χ1) is 9.11. The number of anilines is 1. The van der Waals surface area contributed by atoms with Crippen LogP contribution in [0.2, 0.25) is 5.02 Å². The predicted octanol–water partition coefficient (Wildman–Crippen LogP) is 3.19. The number of amides is 1. The average Bonchev–Trinajstić information content (AvgIpc) is 2.64. The number of halogens is 1. The lowest BCUT2D eigenvalue weighted by Crippen LogP contribution is -2.33. The lowest BCUT2D eigenvalue weighted by Gasteiger charge is -2.22. The summed E-state index contributed by atoms with van der Waals surface area (Å²) in [4.78, 5) is 16.6. The molecule has 0 aliphatic carbocycles. The molecular formula is C15H13ClN2O. The summed E-state index contributed by atoms with van der Waals surface area (Å²) in [7, 11) is 0. The minimum absolute atomic E-state index is 0.0266.